The number of nitrogens with zero attached hydrogens (tertiary/aromatic N) is 3. The molecule has 1 aromatic heterocycles. The van der Waals surface area contributed by atoms with E-state index in [9.17, 15) is 9.59 Å². The number of carbonyl (C=O) groups is 2. The summed E-state index contributed by atoms with van der Waals surface area (Å²) in [6, 6.07) is 19.3. The first-order valence-electron chi connectivity index (χ1n) is 9.24. The lowest BCUT2D eigenvalue weighted by Crippen LogP contribution is -2.30. The highest BCUT2D eigenvalue weighted by atomic mass is 16.2. The highest BCUT2D eigenvalue weighted by Crippen LogP contribution is 2.44. The van der Waals surface area contributed by atoms with Crippen molar-refractivity contribution in [3.8, 4) is 0 Å². The SMILES string of the molecule is O=C1C2CCc3ncn(Cc4ccccc4)c3C2C(=O)N1c1ccccc1. The number of carbonyl (C=O) groups excluding carboxylic acids is 2. The summed E-state index contributed by atoms with van der Waals surface area (Å²) in [5, 5.41) is 0. The van der Waals surface area contributed by atoms with Crippen molar-refractivity contribution >= 4 is 17.5 Å². The van der Waals surface area contributed by atoms with E-state index in [4.69, 9.17) is 0 Å². The van der Waals surface area contributed by atoms with Crippen LogP contribution in [-0.2, 0) is 22.6 Å². The van der Waals surface area contributed by atoms with Crippen LogP contribution in [0, 0.1) is 5.92 Å². The van der Waals surface area contributed by atoms with Crippen molar-refractivity contribution in [3.05, 3.63) is 83.9 Å². The molecule has 0 N–H and O–H groups in total. The first kappa shape index (κ1) is 16.0. The second-order valence-electron chi connectivity index (χ2n) is 7.16. The van der Waals surface area contributed by atoms with Crippen LogP contribution in [-0.4, -0.2) is 21.4 Å². The molecule has 0 bridgehead atoms. The third kappa shape index (κ3) is 2.50. The second kappa shape index (κ2) is 6.20. The van der Waals surface area contributed by atoms with E-state index < -0.39 is 5.92 Å². The first-order chi connectivity index (χ1) is 13.2. The van der Waals surface area contributed by atoms with Crippen molar-refractivity contribution in [1.29, 1.82) is 0 Å². The molecule has 2 heterocycles. The number of para-hydroxylation sites is 1. The van der Waals surface area contributed by atoms with E-state index in [1.54, 1.807) is 0 Å². The van der Waals surface area contributed by atoms with E-state index >= 15 is 0 Å². The maximum atomic E-state index is 13.3. The molecule has 1 aliphatic carbocycles. The van der Waals surface area contributed by atoms with Crippen LogP contribution in [0.4, 0.5) is 5.69 Å². The molecule has 2 aliphatic rings. The van der Waals surface area contributed by atoms with Gasteiger partial charge in [-0.1, -0.05) is 48.5 Å². The monoisotopic (exact) mass is 357 g/mol. The number of imide groups is 1. The molecule has 0 saturated carbocycles. The number of amides is 2. The molecular formula is C22H19N3O2. The average molecular weight is 357 g/mol. The van der Waals surface area contributed by atoms with Gasteiger partial charge in [-0.05, 0) is 30.5 Å². The summed E-state index contributed by atoms with van der Waals surface area (Å²) in [5.41, 5.74) is 3.66. The zero-order chi connectivity index (χ0) is 18.4. The minimum atomic E-state index is -0.437. The van der Waals surface area contributed by atoms with Gasteiger partial charge in [0.05, 0.1) is 35.2 Å². The number of hydrogen-bond acceptors (Lipinski definition) is 3. The fraction of sp³-hybridized carbons (Fsp3) is 0.227. The molecule has 1 saturated heterocycles. The van der Waals surface area contributed by atoms with E-state index in [2.05, 4.69) is 17.1 Å². The van der Waals surface area contributed by atoms with Crippen LogP contribution >= 0.6 is 0 Å². The van der Waals surface area contributed by atoms with Gasteiger partial charge >= 0.3 is 0 Å². The normalized spacial score (nSPS) is 21.3. The average Bonchev–Trinajstić information content (AvgIpc) is 3.22. The molecule has 2 unspecified atom stereocenters. The molecule has 27 heavy (non-hydrogen) atoms. The Hall–Kier alpha value is -3.21. The summed E-state index contributed by atoms with van der Waals surface area (Å²) >= 11 is 0. The lowest BCUT2D eigenvalue weighted by Gasteiger charge is -2.23. The molecule has 5 nitrogen and oxygen atoms in total. The second-order valence-corrected chi connectivity index (χ2v) is 7.16. The maximum absolute atomic E-state index is 13.3. The van der Waals surface area contributed by atoms with Crippen molar-refractivity contribution in [2.24, 2.45) is 5.92 Å². The molecule has 1 fully saturated rings. The number of aromatic nitrogens is 2. The lowest BCUT2D eigenvalue weighted by atomic mass is 9.81. The van der Waals surface area contributed by atoms with Crippen LogP contribution in [0.3, 0.4) is 0 Å². The molecule has 2 aromatic carbocycles. The molecule has 2 atom stereocenters. The van der Waals surface area contributed by atoms with Gasteiger partial charge in [-0.3, -0.25) is 9.59 Å². The summed E-state index contributed by atoms with van der Waals surface area (Å²) in [7, 11) is 0. The zero-order valence-electron chi connectivity index (χ0n) is 14.8. The summed E-state index contributed by atoms with van der Waals surface area (Å²) in [6.07, 6.45) is 3.22. The van der Waals surface area contributed by atoms with E-state index in [0.717, 1.165) is 23.4 Å². The largest absolute Gasteiger partial charge is 0.329 e. The Balaban J connectivity index is 1.55. The Morgan fingerprint density at radius 1 is 0.926 bits per heavy atom. The lowest BCUT2D eigenvalue weighted by molar-refractivity contribution is -0.122. The Labute approximate surface area is 157 Å². The van der Waals surface area contributed by atoms with Crippen molar-refractivity contribution in [3.63, 3.8) is 0 Å². The summed E-state index contributed by atoms with van der Waals surface area (Å²) in [6.45, 7) is 0.652. The van der Waals surface area contributed by atoms with E-state index in [-0.39, 0.29) is 17.7 Å². The first-order valence-corrected chi connectivity index (χ1v) is 9.24. The number of imidazole rings is 1. The minimum absolute atomic E-state index is 0.0886. The van der Waals surface area contributed by atoms with Gasteiger partial charge in [0.2, 0.25) is 11.8 Å². The van der Waals surface area contributed by atoms with Crippen LogP contribution in [0.1, 0.15) is 29.3 Å². The topological polar surface area (TPSA) is 55.2 Å². The van der Waals surface area contributed by atoms with Gasteiger partial charge in [0.1, 0.15) is 0 Å². The standard InChI is InChI=1S/C22H19N3O2/c26-21-17-11-12-18-20(24(14-23-18)13-15-7-3-1-4-8-15)19(17)22(27)25(21)16-9-5-2-6-10-16/h1-10,14,17,19H,11-13H2. The Morgan fingerprint density at radius 3 is 2.37 bits per heavy atom. The molecule has 5 rings (SSSR count). The van der Waals surface area contributed by atoms with Gasteiger partial charge in [-0.2, -0.15) is 0 Å². The number of aryl methyl sites for hydroxylation is 1. The van der Waals surface area contributed by atoms with Crippen molar-refractivity contribution in [1.82, 2.24) is 9.55 Å². The Kier molecular flexibility index (Phi) is 3.67. The van der Waals surface area contributed by atoms with Crippen LogP contribution < -0.4 is 4.90 Å². The molecule has 1 aliphatic heterocycles. The number of benzene rings is 2. The van der Waals surface area contributed by atoms with Crippen molar-refractivity contribution < 1.29 is 9.59 Å². The maximum Gasteiger partial charge on any atom is 0.243 e. The van der Waals surface area contributed by atoms with Crippen LogP contribution in [0.25, 0.3) is 0 Å². The Bertz CT molecular complexity index is 1010. The predicted octanol–water partition coefficient (Wildman–Crippen LogP) is 3.15. The van der Waals surface area contributed by atoms with E-state index in [1.807, 2.05) is 59.4 Å². The van der Waals surface area contributed by atoms with Gasteiger partial charge < -0.3 is 4.57 Å². The number of hydrogen-bond donors (Lipinski definition) is 0. The smallest absolute Gasteiger partial charge is 0.243 e. The predicted molar refractivity (Wildman–Crippen MR) is 101 cm³/mol. The highest BCUT2D eigenvalue weighted by Gasteiger charge is 2.52. The van der Waals surface area contributed by atoms with E-state index in [0.29, 0.717) is 18.7 Å². The fourth-order valence-corrected chi connectivity index (χ4v) is 4.34. The molecule has 0 spiro atoms. The van der Waals surface area contributed by atoms with Gasteiger partial charge in [-0.25, -0.2) is 9.88 Å². The van der Waals surface area contributed by atoms with Gasteiger partial charge in [-0.15, -0.1) is 0 Å². The summed E-state index contributed by atoms with van der Waals surface area (Å²) in [5.74, 6) is -0.953. The molecule has 134 valence electrons. The van der Waals surface area contributed by atoms with Gasteiger partial charge in [0.25, 0.3) is 0 Å². The van der Waals surface area contributed by atoms with Gasteiger partial charge in [0, 0.05) is 6.54 Å². The molecule has 5 heteroatoms. The third-order valence-corrected chi connectivity index (χ3v) is 5.58. The third-order valence-electron chi connectivity index (χ3n) is 5.58. The van der Waals surface area contributed by atoms with Crippen molar-refractivity contribution in [2.75, 3.05) is 4.90 Å². The molecule has 2 amide bonds. The quantitative estimate of drug-likeness (QED) is 0.677. The number of rotatable bonds is 3. The summed E-state index contributed by atoms with van der Waals surface area (Å²) in [4.78, 5) is 32.2. The van der Waals surface area contributed by atoms with Crippen molar-refractivity contribution in [2.45, 2.75) is 25.3 Å². The van der Waals surface area contributed by atoms with Crippen LogP contribution in [0.2, 0.25) is 0 Å². The van der Waals surface area contributed by atoms with Crippen LogP contribution in [0.5, 0.6) is 0 Å². The number of anilines is 1. The van der Waals surface area contributed by atoms with Gasteiger partial charge in [0.15, 0.2) is 0 Å². The molecule has 0 radical (unpaired) electrons. The summed E-state index contributed by atoms with van der Waals surface area (Å²) < 4.78 is 2.04. The molecular weight excluding hydrogens is 338 g/mol. The minimum Gasteiger partial charge on any atom is -0.329 e. The highest BCUT2D eigenvalue weighted by molar-refractivity contribution is 6.23. The number of fused-ring (bicyclic) bond motifs is 3. The zero-order valence-corrected chi connectivity index (χ0v) is 14.8. The Morgan fingerprint density at radius 2 is 1.63 bits per heavy atom. The van der Waals surface area contributed by atoms with Crippen LogP contribution in [0.15, 0.2) is 67.0 Å². The van der Waals surface area contributed by atoms with E-state index in [1.165, 1.54) is 4.90 Å². The fourth-order valence-electron chi connectivity index (χ4n) is 4.34. The molecule has 3 aromatic rings.